The van der Waals surface area contributed by atoms with Crippen LogP contribution in [0, 0.1) is 11.6 Å². The smallest absolute Gasteiger partial charge is 0.314 e. The maximum Gasteiger partial charge on any atom is 0.314 e. The van der Waals surface area contributed by atoms with Gasteiger partial charge in [0, 0.05) is 31.5 Å². The molecule has 0 fully saturated rings. The van der Waals surface area contributed by atoms with Gasteiger partial charge in [-0.3, -0.25) is 9.59 Å². The van der Waals surface area contributed by atoms with E-state index in [4.69, 9.17) is 0 Å². The molecule has 2 aromatic rings. The number of nitrogens with zero attached hydrogens (tertiary/aromatic N) is 1. The Hall–Kier alpha value is -2.96. The molecule has 2 rings (SSSR count). The molecule has 5 nitrogen and oxygen atoms in total. The van der Waals surface area contributed by atoms with Gasteiger partial charge in [-0.1, -0.05) is 6.07 Å². The predicted octanol–water partition coefficient (Wildman–Crippen LogP) is 2.61. The van der Waals surface area contributed by atoms with Crippen molar-refractivity contribution in [2.75, 3.05) is 29.6 Å². The molecule has 2 aromatic carbocycles. The summed E-state index contributed by atoms with van der Waals surface area (Å²) in [5.74, 6) is -3.63. The Kier molecular flexibility index (Phi) is 4.90. The topological polar surface area (TPSA) is 61.4 Å². The molecule has 0 atom stereocenters. The van der Waals surface area contributed by atoms with E-state index in [9.17, 15) is 18.4 Å². The molecule has 0 saturated heterocycles. The molecule has 120 valence electrons. The number of rotatable bonds is 3. The third-order valence-electron chi connectivity index (χ3n) is 3.00. The number of carbonyl (C=O) groups excluding carboxylic acids is 2. The molecule has 23 heavy (non-hydrogen) atoms. The van der Waals surface area contributed by atoms with Gasteiger partial charge in [-0.2, -0.15) is 0 Å². The van der Waals surface area contributed by atoms with Crippen LogP contribution in [0.5, 0.6) is 0 Å². The number of nitrogens with one attached hydrogen (secondary N) is 2. The van der Waals surface area contributed by atoms with Crippen LogP contribution in [0.4, 0.5) is 25.8 Å². The minimum Gasteiger partial charge on any atom is -0.378 e. The van der Waals surface area contributed by atoms with Crippen LogP contribution in [-0.2, 0) is 9.59 Å². The molecular weight excluding hydrogens is 304 g/mol. The van der Waals surface area contributed by atoms with Crippen LogP contribution in [0.3, 0.4) is 0 Å². The summed E-state index contributed by atoms with van der Waals surface area (Å²) in [4.78, 5) is 25.4. The molecule has 7 heteroatoms. The standard InChI is InChI=1S/C16H15F2N3O2/c1-21(2)12-5-3-4-11(9-12)19-15(22)16(23)20-14-8-10(17)6-7-13(14)18/h3-9H,1-2H3,(H,19,22)(H,20,23). The van der Waals surface area contributed by atoms with E-state index in [0.29, 0.717) is 5.69 Å². The van der Waals surface area contributed by atoms with Crippen LogP contribution < -0.4 is 15.5 Å². The van der Waals surface area contributed by atoms with Crippen molar-refractivity contribution in [3.05, 3.63) is 54.1 Å². The number of hydrogen-bond acceptors (Lipinski definition) is 3. The van der Waals surface area contributed by atoms with Gasteiger partial charge >= 0.3 is 11.8 Å². The summed E-state index contributed by atoms with van der Waals surface area (Å²) in [6, 6.07) is 9.41. The van der Waals surface area contributed by atoms with Gasteiger partial charge in [0.25, 0.3) is 0 Å². The van der Waals surface area contributed by atoms with E-state index in [-0.39, 0.29) is 0 Å². The lowest BCUT2D eigenvalue weighted by atomic mass is 10.2. The first-order chi connectivity index (χ1) is 10.9. The first kappa shape index (κ1) is 16.4. The Balaban J connectivity index is 2.07. The summed E-state index contributed by atoms with van der Waals surface area (Å²) in [6.07, 6.45) is 0. The maximum absolute atomic E-state index is 13.4. The Morgan fingerprint density at radius 1 is 0.957 bits per heavy atom. The molecule has 2 N–H and O–H groups in total. The van der Waals surface area contributed by atoms with E-state index >= 15 is 0 Å². The largest absolute Gasteiger partial charge is 0.378 e. The van der Waals surface area contributed by atoms with Crippen molar-refractivity contribution in [2.24, 2.45) is 0 Å². The van der Waals surface area contributed by atoms with E-state index < -0.39 is 29.1 Å². The second-order valence-corrected chi connectivity index (χ2v) is 4.98. The summed E-state index contributed by atoms with van der Waals surface area (Å²) < 4.78 is 26.5. The second-order valence-electron chi connectivity index (χ2n) is 4.98. The van der Waals surface area contributed by atoms with Crippen LogP contribution in [0.15, 0.2) is 42.5 Å². The minimum absolute atomic E-state index is 0.396. The van der Waals surface area contributed by atoms with E-state index in [1.165, 1.54) is 0 Å². The predicted molar refractivity (Wildman–Crippen MR) is 84.4 cm³/mol. The highest BCUT2D eigenvalue weighted by atomic mass is 19.1. The number of hydrogen-bond donors (Lipinski definition) is 2. The Bertz CT molecular complexity index is 748. The summed E-state index contributed by atoms with van der Waals surface area (Å²) in [6.45, 7) is 0. The Labute approximate surface area is 131 Å². The lowest BCUT2D eigenvalue weighted by Crippen LogP contribution is -2.29. The minimum atomic E-state index is -1.09. The third-order valence-corrected chi connectivity index (χ3v) is 3.00. The number of amides is 2. The van der Waals surface area contributed by atoms with E-state index in [2.05, 4.69) is 5.32 Å². The van der Waals surface area contributed by atoms with Gasteiger partial charge in [0.2, 0.25) is 0 Å². The normalized spacial score (nSPS) is 10.1. The summed E-state index contributed by atoms with van der Waals surface area (Å²) in [7, 11) is 3.67. The van der Waals surface area contributed by atoms with Gasteiger partial charge in [0.05, 0.1) is 5.69 Å². The molecule has 0 aliphatic carbocycles. The molecular formula is C16H15F2N3O2. The van der Waals surface area contributed by atoms with Crippen molar-refractivity contribution in [3.8, 4) is 0 Å². The molecule has 0 aromatic heterocycles. The van der Waals surface area contributed by atoms with E-state index in [0.717, 1.165) is 23.9 Å². The Morgan fingerprint density at radius 3 is 2.35 bits per heavy atom. The van der Waals surface area contributed by atoms with Crippen LogP contribution >= 0.6 is 0 Å². The zero-order chi connectivity index (χ0) is 17.0. The van der Waals surface area contributed by atoms with E-state index in [1.807, 2.05) is 30.4 Å². The summed E-state index contributed by atoms with van der Waals surface area (Å²) in [5, 5.41) is 4.43. The lowest BCUT2D eigenvalue weighted by Gasteiger charge is -2.14. The third kappa shape index (κ3) is 4.26. The molecule has 0 heterocycles. The molecule has 0 aliphatic heterocycles. The molecule has 0 spiro atoms. The average molecular weight is 319 g/mol. The van der Waals surface area contributed by atoms with Gasteiger partial charge in [-0.05, 0) is 30.3 Å². The first-order valence-corrected chi connectivity index (χ1v) is 6.71. The van der Waals surface area contributed by atoms with Crippen molar-refractivity contribution in [1.82, 2.24) is 0 Å². The highest BCUT2D eigenvalue weighted by molar-refractivity contribution is 6.43. The second kappa shape index (κ2) is 6.87. The number of anilines is 3. The quantitative estimate of drug-likeness (QED) is 0.855. The van der Waals surface area contributed by atoms with Crippen molar-refractivity contribution >= 4 is 28.9 Å². The first-order valence-electron chi connectivity index (χ1n) is 6.71. The summed E-state index contributed by atoms with van der Waals surface area (Å²) in [5.41, 5.74) is 0.850. The van der Waals surface area contributed by atoms with Gasteiger partial charge in [0.1, 0.15) is 11.6 Å². The highest BCUT2D eigenvalue weighted by Gasteiger charge is 2.16. The fourth-order valence-corrected chi connectivity index (χ4v) is 1.82. The number of benzene rings is 2. The van der Waals surface area contributed by atoms with Crippen LogP contribution in [0.2, 0.25) is 0 Å². The monoisotopic (exact) mass is 319 g/mol. The van der Waals surface area contributed by atoms with Crippen molar-refractivity contribution in [2.45, 2.75) is 0 Å². The molecule has 2 amide bonds. The molecule has 0 aliphatic rings. The number of halogens is 2. The van der Waals surface area contributed by atoms with Crippen molar-refractivity contribution in [1.29, 1.82) is 0 Å². The van der Waals surface area contributed by atoms with Crippen molar-refractivity contribution < 1.29 is 18.4 Å². The zero-order valence-corrected chi connectivity index (χ0v) is 12.6. The van der Waals surface area contributed by atoms with Crippen LogP contribution in [0.25, 0.3) is 0 Å². The van der Waals surface area contributed by atoms with Gasteiger partial charge in [0.15, 0.2) is 0 Å². The molecule has 0 bridgehead atoms. The van der Waals surface area contributed by atoms with E-state index in [1.54, 1.807) is 18.2 Å². The lowest BCUT2D eigenvalue weighted by molar-refractivity contribution is -0.133. The number of carbonyl (C=O) groups is 2. The average Bonchev–Trinajstić information content (AvgIpc) is 2.51. The maximum atomic E-state index is 13.4. The SMILES string of the molecule is CN(C)c1cccc(NC(=O)C(=O)Nc2cc(F)ccc2F)c1. The van der Waals surface area contributed by atoms with Gasteiger partial charge < -0.3 is 15.5 Å². The fraction of sp³-hybridized carbons (Fsp3) is 0.125. The van der Waals surface area contributed by atoms with Crippen molar-refractivity contribution in [3.63, 3.8) is 0 Å². The van der Waals surface area contributed by atoms with Crippen LogP contribution in [0.1, 0.15) is 0 Å². The highest BCUT2D eigenvalue weighted by Crippen LogP contribution is 2.18. The zero-order valence-electron chi connectivity index (χ0n) is 12.6. The van der Waals surface area contributed by atoms with Crippen LogP contribution in [-0.4, -0.2) is 25.9 Å². The van der Waals surface area contributed by atoms with Gasteiger partial charge in [-0.25, -0.2) is 8.78 Å². The molecule has 0 saturated carbocycles. The molecule has 0 radical (unpaired) electrons. The van der Waals surface area contributed by atoms with Gasteiger partial charge in [-0.15, -0.1) is 0 Å². The Morgan fingerprint density at radius 2 is 1.65 bits per heavy atom. The molecule has 0 unspecified atom stereocenters. The summed E-state index contributed by atoms with van der Waals surface area (Å²) >= 11 is 0. The fourth-order valence-electron chi connectivity index (χ4n) is 1.82.